The quantitative estimate of drug-likeness (QED) is 0.818. The first-order valence-corrected chi connectivity index (χ1v) is 5.28. The van der Waals surface area contributed by atoms with Gasteiger partial charge in [0, 0.05) is 12.1 Å². The third kappa shape index (κ3) is 2.05. The van der Waals surface area contributed by atoms with E-state index in [0.29, 0.717) is 6.42 Å². The van der Waals surface area contributed by atoms with Gasteiger partial charge in [-0.2, -0.15) is 0 Å². The van der Waals surface area contributed by atoms with Crippen LogP contribution in [0.2, 0.25) is 0 Å². The fourth-order valence-electron chi connectivity index (χ4n) is 1.99. The molecule has 0 saturated heterocycles. The van der Waals surface area contributed by atoms with E-state index in [9.17, 15) is 9.59 Å². The topological polar surface area (TPSA) is 57.6 Å². The molecule has 84 valence electrons. The number of nitrogens with zero attached hydrogens (tertiary/aromatic N) is 1. The van der Waals surface area contributed by atoms with Crippen molar-refractivity contribution in [3.05, 3.63) is 29.8 Å². The Hall–Kier alpha value is -1.84. The average molecular weight is 219 g/mol. The van der Waals surface area contributed by atoms with Gasteiger partial charge in [0.15, 0.2) is 0 Å². The maximum Gasteiger partial charge on any atom is 0.323 e. The van der Waals surface area contributed by atoms with Gasteiger partial charge >= 0.3 is 5.97 Å². The van der Waals surface area contributed by atoms with Gasteiger partial charge < -0.3 is 10.0 Å². The Morgan fingerprint density at radius 1 is 1.31 bits per heavy atom. The van der Waals surface area contributed by atoms with Gasteiger partial charge in [0.1, 0.15) is 6.54 Å². The molecule has 0 fully saturated rings. The van der Waals surface area contributed by atoms with Crippen molar-refractivity contribution < 1.29 is 14.7 Å². The number of carbonyl (C=O) groups is 2. The molecule has 1 aliphatic heterocycles. The van der Waals surface area contributed by atoms with Crippen molar-refractivity contribution in [1.29, 1.82) is 0 Å². The predicted octanol–water partition coefficient (Wildman–Crippen LogP) is 1.44. The number of hydrogen-bond donors (Lipinski definition) is 1. The summed E-state index contributed by atoms with van der Waals surface area (Å²) in [5, 5.41) is 8.81. The van der Waals surface area contributed by atoms with Crippen LogP contribution in [0.1, 0.15) is 18.4 Å². The number of hydrogen-bond acceptors (Lipinski definition) is 2. The molecular weight excluding hydrogens is 206 g/mol. The van der Waals surface area contributed by atoms with Crippen LogP contribution in [0.25, 0.3) is 0 Å². The molecular formula is C12H13NO3. The average Bonchev–Trinajstić information content (AvgIpc) is 2.40. The molecule has 0 spiro atoms. The second kappa shape index (κ2) is 4.35. The molecule has 0 unspecified atom stereocenters. The van der Waals surface area contributed by atoms with Crippen LogP contribution in [0, 0.1) is 0 Å². The fraction of sp³-hybridized carbons (Fsp3) is 0.333. The van der Waals surface area contributed by atoms with Gasteiger partial charge in [-0.1, -0.05) is 18.2 Å². The molecule has 0 radical (unpaired) electrons. The van der Waals surface area contributed by atoms with Crippen LogP contribution in [0.15, 0.2) is 24.3 Å². The molecule has 0 saturated carbocycles. The fourth-order valence-corrected chi connectivity index (χ4v) is 1.99. The largest absolute Gasteiger partial charge is 0.480 e. The van der Waals surface area contributed by atoms with Crippen LogP contribution in [0.5, 0.6) is 0 Å². The summed E-state index contributed by atoms with van der Waals surface area (Å²) in [6, 6.07) is 7.49. The van der Waals surface area contributed by atoms with Crippen molar-refractivity contribution in [3.63, 3.8) is 0 Å². The molecule has 0 bridgehead atoms. The van der Waals surface area contributed by atoms with Crippen LogP contribution in [-0.2, 0) is 16.0 Å². The number of aryl methyl sites for hydroxylation is 1. The third-order valence-electron chi connectivity index (χ3n) is 2.71. The molecule has 0 atom stereocenters. The molecule has 1 aliphatic rings. The number of carboxylic acids is 1. The number of para-hydroxylation sites is 1. The summed E-state index contributed by atoms with van der Waals surface area (Å²) >= 11 is 0. The van der Waals surface area contributed by atoms with Crippen LogP contribution in [0.3, 0.4) is 0 Å². The first kappa shape index (κ1) is 10.7. The highest BCUT2D eigenvalue weighted by atomic mass is 16.4. The number of rotatable bonds is 2. The Morgan fingerprint density at radius 2 is 2.06 bits per heavy atom. The van der Waals surface area contributed by atoms with E-state index in [2.05, 4.69) is 0 Å². The summed E-state index contributed by atoms with van der Waals surface area (Å²) in [6.07, 6.45) is 2.03. The van der Waals surface area contributed by atoms with Crippen LogP contribution < -0.4 is 4.90 Å². The highest BCUT2D eigenvalue weighted by molar-refractivity contribution is 5.98. The van der Waals surface area contributed by atoms with Crippen molar-refractivity contribution in [1.82, 2.24) is 0 Å². The zero-order valence-electron chi connectivity index (χ0n) is 8.85. The van der Waals surface area contributed by atoms with Gasteiger partial charge in [0.05, 0.1) is 0 Å². The normalized spacial score (nSPS) is 15.5. The molecule has 2 rings (SSSR count). The number of aliphatic carboxylic acids is 1. The van der Waals surface area contributed by atoms with Crippen LogP contribution >= 0.6 is 0 Å². The second-order valence-corrected chi connectivity index (χ2v) is 3.86. The van der Waals surface area contributed by atoms with Gasteiger partial charge in [-0.15, -0.1) is 0 Å². The third-order valence-corrected chi connectivity index (χ3v) is 2.71. The van der Waals surface area contributed by atoms with E-state index in [1.165, 1.54) is 4.90 Å². The molecule has 1 aromatic rings. The lowest BCUT2D eigenvalue weighted by molar-refractivity contribution is -0.136. The molecule has 1 amide bonds. The maximum atomic E-state index is 11.8. The molecule has 4 heteroatoms. The molecule has 4 nitrogen and oxygen atoms in total. The van der Waals surface area contributed by atoms with Gasteiger partial charge in [0.25, 0.3) is 0 Å². The maximum absolute atomic E-state index is 11.8. The van der Waals surface area contributed by atoms with Crippen molar-refractivity contribution in [3.8, 4) is 0 Å². The minimum Gasteiger partial charge on any atom is -0.480 e. The number of anilines is 1. The standard InChI is InChI=1S/C12H13NO3/c14-11-7-3-5-9-4-1-2-6-10(9)13(11)8-12(15)16/h1-2,4,6H,3,5,7-8H2,(H,15,16). The zero-order valence-corrected chi connectivity index (χ0v) is 8.85. The van der Waals surface area contributed by atoms with Crippen molar-refractivity contribution >= 4 is 17.6 Å². The van der Waals surface area contributed by atoms with Crippen LogP contribution in [-0.4, -0.2) is 23.5 Å². The van der Waals surface area contributed by atoms with Gasteiger partial charge in [-0.25, -0.2) is 0 Å². The van der Waals surface area contributed by atoms with Gasteiger partial charge in [-0.3, -0.25) is 9.59 Å². The lowest BCUT2D eigenvalue weighted by atomic mass is 10.1. The second-order valence-electron chi connectivity index (χ2n) is 3.86. The zero-order chi connectivity index (χ0) is 11.5. The highest BCUT2D eigenvalue weighted by Crippen LogP contribution is 2.26. The van der Waals surface area contributed by atoms with Crippen molar-refractivity contribution in [2.45, 2.75) is 19.3 Å². The molecule has 1 heterocycles. The summed E-state index contributed by atoms with van der Waals surface area (Å²) in [6.45, 7) is -0.254. The highest BCUT2D eigenvalue weighted by Gasteiger charge is 2.23. The Kier molecular flexibility index (Phi) is 2.90. The SMILES string of the molecule is O=C(O)CN1C(=O)CCCc2ccccc21. The number of benzene rings is 1. The summed E-state index contributed by atoms with van der Waals surface area (Å²) in [5.41, 5.74) is 1.79. The number of carboxylic acid groups (broad SMARTS) is 1. The Balaban J connectivity index is 2.39. The number of amides is 1. The molecule has 16 heavy (non-hydrogen) atoms. The van der Waals surface area contributed by atoms with Crippen LogP contribution in [0.4, 0.5) is 5.69 Å². The first-order chi connectivity index (χ1) is 7.68. The van der Waals surface area contributed by atoms with E-state index in [1.54, 1.807) is 0 Å². The smallest absolute Gasteiger partial charge is 0.323 e. The molecule has 0 aromatic heterocycles. The first-order valence-electron chi connectivity index (χ1n) is 5.28. The number of carbonyl (C=O) groups excluding carboxylic acids is 1. The molecule has 1 aromatic carbocycles. The van der Waals surface area contributed by atoms with Crippen molar-refractivity contribution in [2.24, 2.45) is 0 Å². The molecule has 1 N–H and O–H groups in total. The monoisotopic (exact) mass is 219 g/mol. The Bertz CT molecular complexity index is 428. The van der Waals surface area contributed by atoms with E-state index in [-0.39, 0.29) is 12.5 Å². The molecule has 0 aliphatic carbocycles. The van der Waals surface area contributed by atoms with E-state index in [0.717, 1.165) is 24.1 Å². The minimum atomic E-state index is -0.981. The van der Waals surface area contributed by atoms with E-state index >= 15 is 0 Å². The summed E-state index contributed by atoms with van der Waals surface area (Å²) in [7, 11) is 0. The van der Waals surface area contributed by atoms with Gasteiger partial charge in [-0.05, 0) is 24.5 Å². The van der Waals surface area contributed by atoms with Crippen molar-refractivity contribution in [2.75, 3.05) is 11.4 Å². The number of fused-ring (bicyclic) bond motifs is 1. The Morgan fingerprint density at radius 3 is 2.81 bits per heavy atom. The van der Waals surface area contributed by atoms with Gasteiger partial charge in [0.2, 0.25) is 5.91 Å². The van der Waals surface area contributed by atoms with E-state index in [4.69, 9.17) is 5.11 Å². The van der Waals surface area contributed by atoms with E-state index in [1.807, 2.05) is 24.3 Å². The summed E-state index contributed by atoms with van der Waals surface area (Å²) < 4.78 is 0. The summed E-state index contributed by atoms with van der Waals surface area (Å²) in [5.74, 6) is -1.09. The Labute approximate surface area is 93.5 Å². The summed E-state index contributed by atoms with van der Waals surface area (Å²) in [4.78, 5) is 23.9. The predicted molar refractivity (Wildman–Crippen MR) is 59.4 cm³/mol. The van der Waals surface area contributed by atoms with E-state index < -0.39 is 5.97 Å². The lowest BCUT2D eigenvalue weighted by Gasteiger charge is -2.20. The minimum absolute atomic E-state index is 0.104. The lowest BCUT2D eigenvalue weighted by Crippen LogP contribution is -2.35.